The standard InChI is InChI=1S/C10H19N3O3S/c11-7(10(15)16)3-1-2-4-12-9(14)8-5-17-6-13-8/h7-8,13H,1-6,11H2,(H,12,14)(H,15,16)/t7?,8-/m0/s1. The minimum Gasteiger partial charge on any atom is -0.480 e. The Labute approximate surface area is 105 Å². The number of hydrogen-bond acceptors (Lipinski definition) is 5. The van der Waals surface area contributed by atoms with Gasteiger partial charge in [-0.15, -0.1) is 11.8 Å². The summed E-state index contributed by atoms with van der Waals surface area (Å²) in [5.74, 6) is 0.695. The molecular weight excluding hydrogens is 242 g/mol. The number of carbonyl (C=O) groups is 2. The summed E-state index contributed by atoms with van der Waals surface area (Å²) in [5.41, 5.74) is 5.36. The summed E-state index contributed by atoms with van der Waals surface area (Å²) >= 11 is 1.71. The Balaban J connectivity index is 2.00. The lowest BCUT2D eigenvalue weighted by Crippen LogP contribution is -2.42. The van der Waals surface area contributed by atoms with E-state index in [0.29, 0.717) is 19.4 Å². The molecule has 17 heavy (non-hydrogen) atoms. The van der Waals surface area contributed by atoms with Crippen LogP contribution in [-0.2, 0) is 9.59 Å². The van der Waals surface area contributed by atoms with Crippen molar-refractivity contribution in [3.8, 4) is 0 Å². The normalized spacial score (nSPS) is 21.1. The second-order valence-electron chi connectivity index (χ2n) is 4.00. The molecule has 2 atom stereocenters. The Morgan fingerprint density at radius 2 is 2.29 bits per heavy atom. The lowest BCUT2D eigenvalue weighted by atomic mass is 10.1. The molecule has 0 saturated carbocycles. The highest BCUT2D eigenvalue weighted by Crippen LogP contribution is 2.09. The van der Waals surface area contributed by atoms with E-state index in [-0.39, 0.29) is 11.9 Å². The molecule has 6 nitrogen and oxygen atoms in total. The minimum absolute atomic E-state index is 0.0255. The van der Waals surface area contributed by atoms with Gasteiger partial charge in [-0.05, 0) is 19.3 Å². The van der Waals surface area contributed by atoms with Crippen LogP contribution in [0.3, 0.4) is 0 Å². The van der Waals surface area contributed by atoms with Gasteiger partial charge in [0.25, 0.3) is 0 Å². The van der Waals surface area contributed by atoms with Gasteiger partial charge in [-0.2, -0.15) is 0 Å². The fraction of sp³-hybridized carbons (Fsp3) is 0.800. The van der Waals surface area contributed by atoms with Crippen LogP contribution in [0.25, 0.3) is 0 Å². The molecule has 0 aromatic rings. The Kier molecular flexibility index (Phi) is 6.31. The summed E-state index contributed by atoms with van der Waals surface area (Å²) < 4.78 is 0. The molecule has 0 radical (unpaired) electrons. The average Bonchev–Trinajstić information content (AvgIpc) is 2.81. The first-order valence-corrected chi connectivity index (χ1v) is 6.84. The topological polar surface area (TPSA) is 104 Å². The predicted octanol–water partition coefficient (Wildman–Crippen LogP) is -0.653. The van der Waals surface area contributed by atoms with Crippen molar-refractivity contribution in [1.29, 1.82) is 0 Å². The number of nitrogens with two attached hydrogens (primary N) is 1. The van der Waals surface area contributed by atoms with E-state index in [9.17, 15) is 9.59 Å². The molecule has 98 valence electrons. The monoisotopic (exact) mass is 261 g/mol. The van der Waals surface area contributed by atoms with E-state index >= 15 is 0 Å². The first-order chi connectivity index (χ1) is 8.11. The van der Waals surface area contributed by atoms with Gasteiger partial charge in [-0.1, -0.05) is 0 Å². The van der Waals surface area contributed by atoms with Gasteiger partial charge in [0.1, 0.15) is 6.04 Å². The van der Waals surface area contributed by atoms with Crippen molar-refractivity contribution in [1.82, 2.24) is 10.6 Å². The number of amides is 1. The molecule has 1 fully saturated rings. The Morgan fingerprint density at radius 1 is 1.53 bits per heavy atom. The van der Waals surface area contributed by atoms with Crippen molar-refractivity contribution in [3.05, 3.63) is 0 Å². The molecule has 1 saturated heterocycles. The number of unbranched alkanes of at least 4 members (excludes halogenated alkanes) is 1. The van der Waals surface area contributed by atoms with Crippen LogP contribution in [0.2, 0.25) is 0 Å². The van der Waals surface area contributed by atoms with Gasteiger partial charge in [0, 0.05) is 18.2 Å². The fourth-order valence-electron chi connectivity index (χ4n) is 1.51. The van der Waals surface area contributed by atoms with E-state index in [4.69, 9.17) is 10.8 Å². The number of nitrogens with one attached hydrogen (secondary N) is 2. The number of carbonyl (C=O) groups excluding carboxylic acids is 1. The third-order valence-corrected chi connectivity index (χ3v) is 3.53. The van der Waals surface area contributed by atoms with Gasteiger partial charge in [-0.25, -0.2) is 0 Å². The molecule has 0 bridgehead atoms. The maximum atomic E-state index is 11.5. The molecule has 1 amide bonds. The van der Waals surface area contributed by atoms with Crippen LogP contribution in [-0.4, -0.2) is 47.2 Å². The molecule has 1 aliphatic heterocycles. The van der Waals surface area contributed by atoms with Crippen LogP contribution in [0, 0.1) is 0 Å². The summed E-state index contributed by atoms with van der Waals surface area (Å²) in [5, 5.41) is 14.5. The van der Waals surface area contributed by atoms with Crippen LogP contribution in [0.1, 0.15) is 19.3 Å². The van der Waals surface area contributed by atoms with Gasteiger partial charge < -0.3 is 16.2 Å². The van der Waals surface area contributed by atoms with Crippen molar-refractivity contribution >= 4 is 23.6 Å². The van der Waals surface area contributed by atoms with Crippen LogP contribution in [0.4, 0.5) is 0 Å². The van der Waals surface area contributed by atoms with Crippen molar-refractivity contribution in [3.63, 3.8) is 0 Å². The zero-order chi connectivity index (χ0) is 12.7. The smallest absolute Gasteiger partial charge is 0.320 e. The molecular formula is C10H19N3O3S. The predicted molar refractivity (Wildman–Crippen MR) is 66.7 cm³/mol. The number of carboxylic acid groups (broad SMARTS) is 1. The first-order valence-electron chi connectivity index (χ1n) is 5.68. The highest BCUT2D eigenvalue weighted by Gasteiger charge is 2.21. The van der Waals surface area contributed by atoms with E-state index in [2.05, 4.69) is 10.6 Å². The summed E-state index contributed by atoms with van der Waals surface area (Å²) in [4.78, 5) is 22.0. The summed E-state index contributed by atoms with van der Waals surface area (Å²) in [6.07, 6.45) is 1.91. The molecule has 0 aromatic heterocycles. The summed E-state index contributed by atoms with van der Waals surface area (Å²) in [6, 6.07) is -0.875. The van der Waals surface area contributed by atoms with Crippen molar-refractivity contribution in [2.75, 3.05) is 18.2 Å². The Hall–Kier alpha value is -0.790. The molecule has 5 N–H and O–H groups in total. The molecule has 0 aliphatic carbocycles. The first kappa shape index (κ1) is 14.3. The van der Waals surface area contributed by atoms with E-state index in [1.807, 2.05) is 0 Å². The molecule has 1 heterocycles. The lowest BCUT2D eigenvalue weighted by molar-refractivity contribution is -0.138. The van der Waals surface area contributed by atoms with Gasteiger partial charge >= 0.3 is 5.97 Å². The third kappa shape index (κ3) is 5.38. The number of thioether (sulfide) groups is 1. The Morgan fingerprint density at radius 3 is 2.88 bits per heavy atom. The molecule has 1 aliphatic rings. The maximum absolute atomic E-state index is 11.5. The van der Waals surface area contributed by atoms with Gasteiger partial charge in [-0.3, -0.25) is 14.9 Å². The molecule has 7 heteroatoms. The molecule has 0 spiro atoms. The molecule has 0 aromatic carbocycles. The Bertz CT molecular complexity index is 270. The maximum Gasteiger partial charge on any atom is 0.320 e. The van der Waals surface area contributed by atoms with Crippen molar-refractivity contribution in [2.24, 2.45) is 5.73 Å². The fourth-order valence-corrected chi connectivity index (χ4v) is 2.45. The largest absolute Gasteiger partial charge is 0.480 e. The number of rotatable bonds is 7. The zero-order valence-corrected chi connectivity index (χ0v) is 10.5. The van der Waals surface area contributed by atoms with E-state index in [0.717, 1.165) is 18.1 Å². The second kappa shape index (κ2) is 7.52. The van der Waals surface area contributed by atoms with Crippen molar-refractivity contribution in [2.45, 2.75) is 31.3 Å². The quantitative estimate of drug-likeness (QED) is 0.454. The van der Waals surface area contributed by atoms with E-state index in [1.54, 1.807) is 11.8 Å². The number of aliphatic carboxylic acids is 1. The highest BCUT2D eigenvalue weighted by molar-refractivity contribution is 7.99. The summed E-state index contributed by atoms with van der Waals surface area (Å²) in [6.45, 7) is 0.577. The number of hydrogen-bond donors (Lipinski definition) is 4. The van der Waals surface area contributed by atoms with Crippen LogP contribution in [0.5, 0.6) is 0 Å². The summed E-state index contributed by atoms with van der Waals surface area (Å²) in [7, 11) is 0. The van der Waals surface area contributed by atoms with Crippen molar-refractivity contribution < 1.29 is 14.7 Å². The number of carboxylic acids is 1. The third-order valence-electron chi connectivity index (χ3n) is 2.59. The SMILES string of the molecule is NC(CCCCNC(=O)[C@@H]1CSCN1)C(=O)O. The van der Waals surface area contributed by atoms with E-state index < -0.39 is 12.0 Å². The van der Waals surface area contributed by atoms with Crippen LogP contribution in [0.15, 0.2) is 0 Å². The lowest BCUT2D eigenvalue weighted by Gasteiger charge is -2.10. The zero-order valence-electron chi connectivity index (χ0n) is 9.65. The van der Waals surface area contributed by atoms with Crippen LogP contribution >= 0.6 is 11.8 Å². The minimum atomic E-state index is -0.971. The van der Waals surface area contributed by atoms with Crippen LogP contribution < -0.4 is 16.4 Å². The molecule has 1 unspecified atom stereocenters. The van der Waals surface area contributed by atoms with Gasteiger partial charge in [0.05, 0.1) is 6.04 Å². The van der Waals surface area contributed by atoms with Gasteiger partial charge in [0.2, 0.25) is 5.91 Å². The molecule has 1 rings (SSSR count). The second-order valence-corrected chi connectivity index (χ2v) is 5.03. The van der Waals surface area contributed by atoms with E-state index in [1.165, 1.54) is 0 Å². The highest BCUT2D eigenvalue weighted by atomic mass is 32.2. The average molecular weight is 261 g/mol. The van der Waals surface area contributed by atoms with Gasteiger partial charge in [0.15, 0.2) is 0 Å².